The Kier molecular flexibility index (Phi) is 4.54. The zero-order valence-electron chi connectivity index (χ0n) is 10.5. The smallest absolute Gasteiger partial charge is 0.00973 e. The first-order valence-electron chi connectivity index (χ1n) is 6.21. The van der Waals surface area contributed by atoms with E-state index < -0.39 is 0 Å². The Labute approximate surface area is 109 Å². The van der Waals surface area contributed by atoms with Crippen LogP contribution in [0.15, 0.2) is 73.3 Å². The van der Waals surface area contributed by atoms with Crippen LogP contribution in [0.4, 0.5) is 0 Å². The third-order valence-corrected chi connectivity index (χ3v) is 2.83. The summed E-state index contributed by atoms with van der Waals surface area (Å²) in [6.45, 7) is 3.70. The minimum atomic E-state index is 0.943. The number of allylic oxidation sites excluding steroid dienone is 3. The average molecular weight is 233 g/mol. The molecule has 0 aliphatic heterocycles. The van der Waals surface area contributed by atoms with Gasteiger partial charge in [0.05, 0.1) is 0 Å². The SMILES string of the molecule is C=CCC=CCc1ccc(-c2cc[c]cc2)cc1. The summed E-state index contributed by atoms with van der Waals surface area (Å²) in [5, 5.41) is 0. The van der Waals surface area contributed by atoms with Crippen molar-refractivity contribution in [3.63, 3.8) is 0 Å². The molecule has 0 saturated heterocycles. The van der Waals surface area contributed by atoms with Crippen LogP contribution in [0.3, 0.4) is 0 Å². The number of benzene rings is 2. The monoisotopic (exact) mass is 233 g/mol. The Morgan fingerprint density at radius 1 is 0.889 bits per heavy atom. The van der Waals surface area contributed by atoms with Gasteiger partial charge in [0.2, 0.25) is 0 Å². The molecule has 0 spiro atoms. The predicted molar refractivity (Wildman–Crippen MR) is 78.4 cm³/mol. The van der Waals surface area contributed by atoms with Crippen LogP contribution in [-0.2, 0) is 6.42 Å². The quantitative estimate of drug-likeness (QED) is 0.649. The van der Waals surface area contributed by atoms with Crippen molar-refractivity contribution < 1.29 is 0 Å². The zero-order valence-corrected chi connectivity index (χ0v) is 10.5. The van der Waals surface area contributed by atoms with Gasteiger partial charge in [0, 0.05) is 0 Å². The van der Waals surface area contributed by atoms with Crippen molar-refractivity contribution >= 4 is 0 Å². The van der Waals surface area contributed by atoms with Crippen molar-refractivity contribution in [2.75, 3.05) is 0 Å². The summed E-state index contributed by atoms with van der Waals surface area (Å²) in [4.78, 5) is 0. The molecule has 0 heteroatoms. The molecule has 2 aromatic carbocycles. The largest absolute Gasteiger partial charge is 0.103 e. The van der Waals surface area contributed by atoms with E-state index in [1.54, 1.807) is 0 Å². The lowest BCUT2D eigenvalue weighted by molar-refractivity contribution is 1.24. The highest BCUT2D eigenvalue weighted by molar-refractivity contribution is 5.63. The van der Waals surface area contributed by atoms with Crippen LogP contribution in [0.25, 0.3) is 11.1 Å². The molecule has 0 unspecified atom stereocenters. The highest BCUT2D eigenvalue weighted by Gasteiger charge is 1.96. The maximum Gasteiger partial charge on any atom is -0.00973 e. The number of hydrogen-bond donors (Lipinski definition) is 0. The van der Waals surface area contributed by atoms with Crippen LogP contribution in [0.1, 0.15) is 12.0 Å². The molecule has 0 saturated carbocycles. The van der Waals surface area contributed by atoms with Gasteiger partial charge in [-0.3, -0.25) is 0 Å². The standard InChI is InChI=1S/C18H17/c1-2-3-4-6-9-16-12-14-18(15-13-16)17-10-7-5-8-11-17/h2,4,6-8,10-15H,1,3,9H2. The fraction of sp³-hybridized carbons (Fsp3) is 0.111. The molecule has 2 aromatic rings. The van der Waals surface area contributed by atoms with E-state index >= 15 is 0 Å². The molecule has 0 aliphatic carbocycles. The normalized spacial score (nSPS) is 10.7. The average Bonchev–Trinajstić information content (AvgIpc) is 2.45. The van der Waals surface area contributed by atoms with Crippen molar-refractivity contribution in [1.82, 2.24) is 0 Å². The molecule has 0 amide bonds. The Bertz CT molecular complexity index is 503. The van der Waals surface area contributed by atoms with Gasteiger partial charge in [-0.1, -0.05) is 66.8 Å². The maximum atomic E-state index is 3.70. The van der Waals surface area contributed by atoms with E-state index in [4.69, 9.17) is 0 Å². The molecular formula is C18H17. The Morgan fingerprint density at radius 3 is 2.22 bits per heavy atom. The van der Waals surface area contributed by atoms with E-state index in [0.29, 0.717) is 0 Å². The molecule has 0 aliphatic rings. The zero-order chi connectivity index (χ0) is 12.6. The first kappa shape index (κ1) is 12.4. The summed E-state index contributed by atoms with van der Waals surface area (Å²) >= 11 is 0. The molecule has 2 rings (SSSR count). The van der Waals surface area contributed by atoms with E-state index in [2.05, 4.69) is 61.2 Å². The molecule has 0 nitrogen and oxygen atoms in total. The maximum absolute atomic E-state index is 3.70. The molecule has 0 bridgehead atoms. The Morgan fingerprint density at radius 2 is 1.56 bits per heavy atom. The van der Waals surface area contributed by atoms with Crippen LogP contribution in [0.5, 0.6) is 0 Å². The first-order chi connectivity index (χ1) is 8.90. The van der Waals surface area contributed by atoms with Crippen molar-refractivity contribution in [2.24, 2.45) is 0 Å². The Balaban J connectivity index is 2.04. The van der Waals surface area contributed by atoms with Gasteiger partial charge in [0.25, 0.3) is 0 Å². The van der Waals surface area contributed by atoms with E-state index in [-0.39, 0.29) is 0 Å². The number of hydrogen-bond acceptors (Lipinski definition) is 0. The summed E-state index contributed by atoms with van der Waals surface area (Å²) in [5.41, 5.74) is 3.83. The molecule has 0 atom stereocenters. The van der Waals surface area contributed by atoms with Crippen LogP contribution in [0, 0.1) is 6.07 Å². The van der Waals surface area contributed by atoms with Gasteiger partial charge < -0.3 is 0 Å². The van der Waals surface area contributed by atoms with Crippen LogP contribution in [-0.4, -0.2) is 0 Å². The molecular weight excluding hydrogens is 216 g/mol. The van der Waals surface area contributed by atoms with Gasteiger partial charge in [0.15, 0.2) is 0 Å². The van der Waals surface area contributed by atoms with Gasteiger partial charge in [-0.2, -0.15) is 0 Å². The summed E-state index contributed by atoms with van der Waals surface area (Å²) in [5.74, 6) is 0. The minimum absolute atomic E-state index is 0.943. The molecule has 18 heavy (non-hydrogen) atoms. The van der Waals surface area contributed by atoms with Gasteiger partial charge in [-0.25, -0.2) is 0 Å². The second-order valence-corrected chi connectivity index (χ2v) is 4.19. The molecule has 89 valence electrons. The van der Waals surface area contributed by atoms with Crippen molar-refractivity contribution in [2.45, 2.75) is 12.8 Å². The summed E-state index contributed by atoms with van der Waals surface area (Å²) in [6.07, 6.45) is 8.17. The van der Waals surface area contributed by atoms with Crippen molar-refractivity contribution in [3.8, 4) is 11.1 Å². The summed E-state index contributed by atoms with van der Waals surface area (Å²) in [6, 6.07) is 19.8. The molecule has 1 radical (unpaired) electrons. The van der Waals surface area contributed by atoms with Gasteiger partial charge in [-0.05, 0) is 35.6 Å². The summed E-state index contributed by atoms with van der Waals surface area (Å²) in [7, 11) is 0. The van der Waals surface area contributed by atoms with E-state index in [1.807, 2.05) is 18.2 Å². The lowest BCUT2D eigenvalue weighted by Gasteiger charge is -2.02. The van der Waals surface area contributed by atoms with Crippen molar-refractivity contribution in [1.29, 1.82) is 0 Å². The van der Waals surface area contributed by atoms with Crippen LogP contribution in [0.2, 0.25) is 0 Å². The van der Waals surface area contributed by atoms with Crippen molar-refractivity contribution in [3.05, 3.63) is 85.0 Å². The first-order valence-corrected chi connectivity index (χ1v) is 6.21. The van der Waals surface area contributed by atoms with E-state index in [9.17, 15) is 0 Å². The second kappa shape index (κ2) is 6.61. The fourth-order valence-corrected chi connectivity index (χ4v) is 1.82. The topological polar surface area (TPSA) is 0 Å². The molecule has 0 aromatic heterocycles. The van der Waals surface area contributed by atoms with Gasteiger partial charge >= 0.3 is 0 Å². The fourth-order valence-electron chi connectivity index (χ4n) is 1.82. The Hall–Kier alpha value is -2.08. The lowest BCUT2D eigenvalue weighted by Crippen LogP contribution is -1.82. The van der Waals surface area contributed by atoms with E-state index in [1.165, 1.54) is 16.7 Å². The molecule has 0 fully saturated rings. The van der Waals surface area contributed by atoms with Crippen LogP contribution < -0.4 is 0 Å². The third kappa shape index (κ3) is 3.46. The van der Waals surface area contributed by atoms with E-state index in [0.717, 1.165) is 12.8 Å². The number of rotatable bonds is 5. The molecule has 0 N–H and O–H groups in total. The predicted octanol–water partition coefficient (Wildman–Crippen LogP) is 4.83. The second-order valence-electron chi connectivity index (χ2n) is 4.19. The molecule has 0 heterocycles. The lowest BCUT2D eigenvalue weighted by atomic mass is 10.0. The highest BCUT2D eigenvalue weighted by atomic mass is 14.0. The third-order valence-electron chi connectivity index (χ3n) is 2.83. The highest BCUT2D eigenvalue weighted by Crippen LogP contribution is 2.19. The van der Waals surface area contributed by atoms with Gasteiger partial charge in [0.1, 0.15) is 0 Å². The minimum Gasteiger partial charge on any atom is -0.103 e. The summed E-state index contributed by atoms with van der Waals surface area (Å²) < 4.78 is 0. The van der Waals surface area contributed by atoms with Gasteiger partial charge in [-0.15, -0.1) is 6.58 Å². The van der Waals surface area contributed by atoms with Crippen LogP contribution >= 0.6 is 0 Å².